The third-order valence-electron chi connectivity index (χ3n) is 4.84. The predicted octanol–water partition coefficient (Wildman–Crippen LogP) is 3.41. The lowest BCUT2D eigenvalue weighted by molar-refractivity contribution is -0.157. The van der Waals surface area contributed by atoms with Crippen molar-refractivity contribution in [1.82, 2.24) is 9.55 Å². The van der Waals surface area contributed by atoms with Crippen LogP contribution in [0.1, 0.15) is 50.5 Å². The summed E-state index contributed by atoms with van der Waals surface area (Å²) in [6.45, 7) is 8.07. The minimum absolute atomic E-state index is 0.185. The Morgan fingerprint density at radius 3 is 2.53 bits per heavy atom. The molecule has 1 aromatic carbocycles. The molecular formula is C22H23FN2O5. The van der Waals surface area contributed by atoms with E-state index in [0.29, 0.717) is 22.3 Å². The van der Waals surface area contributed by atoms with E-state index in [0.717, 1.165) is 11.6 Å². The van der Waals surface area contributed by atoms with Crippen LogP contribution in [-0.4, -0.2) is 25.7 Å². The third-order valence-corrected chi connectivity index (χ3v) is 4.84. The van der Waals surface area contributed by atoms with E-state index in [2.05, 4.69) is 4.98 Å². The van der Waals surface area contributed by atoms with Crippen molar-refractivity contribution in [2.75, 3.05) is 0 Å². The summed E-state index contributed by atoms with van der Waals surface area (Å²) in [5, 5.41) is 20.1. The number of fused-ring (bicyclic) bond motifs is 5. The van der Waals surface area contributed by atoms with Gasteiger partial charge in [0.1, 0.15) is 6.61 Å². The first kappa shape index (κ1) is 21.4. The highest BCUT2D eigenvalue weighted by Crippen LogP contribution is 2.36. The number of carbonyl (C=O) groups is 1. The number of aromatic nitrogens is 2. The van der Waals surface area contributed by atoms with Crippen molar-refractivity contribution in [2.45, 2.75) is 47.0 Å². The van der Waals surface area contributed by atoms with Crippen molar-refractivity contribution in [3.63, 3.8) is 0 Å². The van der Waals surface area contributed by atoms with Gasteiger partial charge in [-0.1, -0.05) is 27.7 Å². The molecule has 0 aliphatic carbocycles. The van der Waals surface area contributed by atoms with Gasteiger partial charge in [-0.15, -0.1) is 0 Å². The topological polar surface area (TPSA) is 102 Å². The second-order valence-electron chi connectivity index (χ2n) is 6.36. The number of aliphatic hydroxyl groups excluding tert-OH is 1. The Morgan fingerprint density at radius 2 is 1.83 bits per heavy atom. The maximum atomic E-state index is 13.7. The Balaban J connectivity index is 0.000000606. The van der Waals surface area contributed by atoms with Crippen LogP contribution in [0.5, 0.6) is 5.75 Å². The molecule has 0 fully saturated rings. The van der Waals surface area contributed by atoms with Crippen molar-refractivity contribution >= 4 is 16.9 Å². The summed E-state index contributed by atoms with van der Waals surface area (Å²) < 4.78 is 20.0. The van der Waals surface area contributed by atoms with Crippen LogP contribution in [0.2, 0.25) is 0 Å². The monoisotopic (exact) mass is 414 g/mol. The smallest absolute Gasteiger partial charge is 0.340 e. The number of aliphatic hydroxyl groups is 1. The zero-order valence-corrected chi connectivity index (χ0v) is 17.2. The van der Waals surface area contributed by atoms with Crippen LogP contribution in [0.4, 0.5) is 4.39 Å². The SMILES string of the molecule is CC.CC.O=C1OCc2c(cc3n(c2=O)Cc2cc4cc(O)c(F)cc4nc2-3)C1O. The first-order chi connectivity index (χ1) is 14.4. The van der Waals surface area contributed by atoms with E-state index < -0.39 is 23.6 Å². The fraction of sp³-hybridized carbons (Fsp3) is 0.318. The highest BCUT2D eigenvalue weighted by atomic mass is 19.1. The summed E-state index contributed by atoms with van der Waals surface area (Å²) in [5.41, 5.74) is 2.08. The predicted molar refractivity (Wildman–Crippen MR) is 110 cm³/mol. The van der Waals surface area contributed by atoms with Gasteiger partial charge in [0.2, 0.25) is 0 Å². The summed E-state index contributed by atoms with van der Waals surface area (Å²) in [4.78, 5) is 28.8. The number of esters is 1. The highest BCUT2D eigenvalue weighted by Gasteiger charge is 2.33. The average Bonchev–Trinajstić information content (AvgIpc) is 3.11. The van der Waals surface area contributed by atoms with Gasteiger partial charge in [-0.3, -0.25) is 4.79 Å². The molecule has 7 nitrogen and oxygen atoms in total. The molecule has 2 N–H and O–H groups in total. The number of ether oxygens (including phenoxy) is 1. The number of hydrogen-bond acceptors (Lipinski definition) is 6. The van der Waals surface area contributed by atoms with Gasteiger partial charge in [0, 0.05) is 22.6 Å². The van der Waals surface area contributed by atoms with Gasteiger partial charge >= 0.3 is 5.97 Å². The van der Waals surface area contributed by atoms with Crippen molar-refractivity contribution in [2.24, 2.45) is 0 Å². The molecule has 0 radical (unpaired) electrons. The largest absolute Gasteiger partial charge is 0.505 e. The lowest BCUT2D eigenvalue weighted by Gasteiger charge is -2.21. The maximum Gasteiger partial charge on any atom is 0.340 e. The van der Waals surface area contributed by atoms with Crippen LogP contribution >= 0.6 is 0 Å². The van der Waals surface area contributed by atoms with Gasteiger partial charge in [0.25, 0.3) is 5.56 Å². The standard InChI is InChI=1S/C18H11FN2O5.2C2H6/c19-11-4-12-7(2-14(11)22)1-8-5-21-13(15(8)20-12)3-9-10(17(21)24)6-26-18(25)16(9)23;2*1-2/h1-4,16,22-23H,5-6H2;2*1-2H3. The quantitative estimate of drug-likeness (QED) is 0.428. The molecule has 30 heavy (non-hydrogen) atoms. The first-order valence-electron chi connectivity index (χ1n) is 9.88. The third kappa shape index (κ3) is 3.23. The van der Waals surface area contributed by atoms with Crippen LogP contribution in [0, 0.1) is 5.82 Å². The van der Waals surface area contributed by atoms with Crippen LogP contribution in [0.15, 0.2) is 29.1 Å². The molecule has 3 aromatic rings. The Kier molecular flexibility index (Phi) is 5.89. The van der Waals surface area contributed by atoms with E-state index in [-0.39, 0.29) is 29.8 Å². The summed E-state index contributed by atoms with van der Waals surface area (Å²) in [6.07, 6.45) is -1.52. The van der Waals surface area contributed by atoms with Crippen LogP contribution in [0.3, 0.4) is 0 Å². The molecule has 0 amide bonds. The van der Waals surface area contributed by atoms with Gasteiger partial charge in [0.15, 0.2) is 17.7 Å². The number of carbonyl (C=O) groups excluding carboxylic acids is 1. The molecule has 2 aromatic heterocycles. The number of benzene rings is 1. The van der Waals surface area contributed by atoms with Gasteiger partial charge in [-0.2, -0.15) is 0 Å². The molecule has 2 aliphatic heterocycles. The molecule has 1 unspecified atom stereocenters. The Hall–Kier alpha value is -3.26. The van der Waals surface area contributed by atoms with E-state index in [4.69, 9.17) is 4.74 Å². The van der Waals surface area contributed by atoms with Crippen molar-refractivity contribution in [3.05, 3.63) is 57.1 Å². The fourth-order valence-corrected chi connectivity index (χ4v) is 3.54. The second-order valence-corrected chi connectivity index (χ2v) is 6.36. The normalized spacial score (nSPS) is 15.7. The van der Waals surface area contributed by atoms with E-state index >= 15 is 0 Å². The maximum absolute atomic E-state index is 13.7. The molecule has 2 aliphatic rings. The molecule has 0 saturated carbocycles. The number of hydrogen-bond donors (Lipinski definition) is 2. The number of halogens is 1. The number of cyclic esters (lactones) is 1. The lowest BCUT2D eigenvalue weighted by atomic mass is 10.0. The molecular weight excluding hydrogens is 391 g/mol. The molecule has 1 atom stereocenters. The Morgan fingerprint density at radius 1 is 1.13 bits per heavy atom. The fourth-order valence-electron chi connectivity index (χ4n) is 3.54. The van der Waals surface area contributed by atoms with Gasteiger partial charge in [-0.25, -0.2) is 14.2 Å². The number of rotatable bonds is 0. The van der Waals surface area contributed by atoms with Crippen LogP contribution in [0.25, 0.3) is 22.3 Å². The summed E-state index contributed by atoms with van der Waals surface area (Å²) in [5.74, 6) is -2.06. The number of phenolic OH excluding ortho intramolecular Hbond substituents is 1. The van der Waals surface area contributed by atoms with E-state index in [9.17, 15) is 24.2 Å². The number of phenols is 1. The molecule has 4 heterocycles. The Bertz CT molecular complexity index is 1200. The average molecular weight is 414 g/mol. The van der Waals surface area contributed by atoms with Gasteiger partial charge < -0.3 is 19.5 Å². The first-order valence-corrected chi connectivity index (χ1v) is 9.88. The van der Waals surface area contributed by atoms with Crippen LogP contribution < -0.4 is 5.56 Å². The molecule has 8 heteroatoms. The Labute approximate surface area is 172 Å². The van der Waals surface area contributed by atoms with E-state index in [1.807, 2.05) is 27.7 Å². The van der Waals surface area contributed by atoms with Crippen molar-refractivity contribution in [3.8, 4) is 17.1 Å². The zero-order chi connectivity index (χ0) is 22.2. The van der Waals surface area contributed by atoms with E-state index in [1.165, 1.54) is 10.6 Å². The molecule has 5 rings (SSSR count). The van der Waals surface area contributed by atoms with E-state index in [1.54, 1.807) is 12.1 Å². The molecule has 0 spiro atoms. The minimum atomic E-state index is -1.52. The number of aromatic hydroxyl groups is 1. The number of nitrogens with zero attached hydrogens (tertiary/aromatic N) is 2. The van der Waals surface area contributed by atoms with Crippen LogP contribution in [-0.2, 0) is 22.7 Å². The van der Waals surface area contributed by atoms with Crippen molar-refractivity contribution in [1.29, 1.82) is 0 Å². The van der Waals surface area contributed by atoms with Crippen molar-refractivity contribution < 1.29 is 24.1 Å². The number of pyridine rings is 2. The minimum Gasteiger partial charge on any atom is -0.505 e. The highest BCUT2D eigenvalue weighted by molar-refractivity contribution is 5.86. The summed E-state index contributed by atoms with van der Waals surface area (Å²) in [7, 11) is 0. The lowest BCUT2D eigenvalue weighted by Crippen LogP contribution is -2.32. The summed E-state index contributed by atoms with van der Waals surface area (Å²) in [6, 6.07) is 5.70. The molecule has 0 saturated heterocycles. The van der Waals surface area contributed by atoms with Gasteiger partial charge in [-0.05, 0) is 18.2 Å². The molecule has 158 valence electrons. The van der Waals surface area contributed by atoms with Gasteiger partial charge in [0.05, 0.1) is 29.0 Å². The second kappa shape index (κ2) is 8.23. The zero-order valence-electron chi connectivity index (χ0n) is 17.2. The molecule has 0 bridgehead atoms. The summed E-state index contributed by atoms with van der Waals surface area (Å²) >= 11 is 0.